The van der Waals surface area contributed by atoms with Crippen LogP contribution in [-0.4, -0.2) is 52.5 Å². The predicted octanol–water partition coefficient (Wildman–Crippen LogP) is 6.56. The van der Waals surface area contributed by atoms with E-state index in [-0.39, 0.29) is 51.7 Å². The fourth-order valence-corrected chi connectivity index (χ4v) is 5.52. The summed E-state index contributed by atoms with van der Waals surface area (Å²) >= 11 is 6.35. The van der Waals surface area contributed by atoms with Gasteiger partial charge in [-0.05, 0) is 58.6 Å². The summed E-state index contributed by atoms with van der Waals surface area (Å²) in [4.78, 5) is 28.1. The molecule has 1 aromatic carbocycles. The van der Waals surface area contributed by atoms with Gasteiger partial charge in [-0.3, -0.25) is 0 Å². The van der Waals surface area contributed by atoms with Gasteiger partial charge in [0, 0.05) is 30.8 Å². The first-order valence-electron chi connectivity index (χ1n) is 12.5. The second-order valence-electron chi connectivity index (χ2n) is 10.8. The van der Waals surface area contributed by atoms with Crippen molar-refractivity contribution in [1.29, 1.82) is 0 Å². The number of halogens is 3. The summed E-state index contributed by atoms with van der Waals surface area (Å²) in [5.41, 5.74) is -0.458. The minimum Gasteiger partial charge on any atom is -0.458 e. The van der Waals surface area contributed by atoms with Gasteiger partial charge in [0.2, 0.25) is 0 Å². The summed E-state index contributed by atoms with van der Waals surface area (Å²) in [7, 11) is 0. The van der Waals surface area contributed by atoms with Crippen LogP contribution >= 0.6 is 11.6 Å². The Morgan fingerprint density at radius 2 is 1.81 bits per heavy atom. The number of esters is 1. The van der Waals surface area contributed by atoms with E-state index in [0.29, 0.717) is 18.6 Å². The highest BCUT2D eigenvalue weighted by Gasteiger charge is 2.47. The first-order valence-corrected chi connectivity index (χ1v) is 12.8. The van der Waals surface area contributed by atoms with Crippen LogP contribution in [0.15, 0.2) is 22.7 Å². The maximum atomic E-state index is 13.5. The first kappa shape index (κ1) is 25.8. The van der Waals surface area contributed by atoms with Gasteiger partial charge in [0.25, 0.3) is 0 Å². The molecule has 2 aromatic rings. The lowest BCUT2D eigenvalue weighted by molar-refractivity contribution is -0.0494. The zero-order chi connectivity index (χ0) is 26.5. The van der Waals surface area contributed by atoms with E-state index in [1.165, 1.54) is 18.2 Å². The molecule has 3 heterocycles. The van der Waals surface area contributed by atoms with E-state index in [2.05, 4.69) is 9.89 Å². The molecule has 8 nitrogen and oxygen atoms in total. The Kier molecular flexibility index (Phi) is 6.81. The third kappa shape index (κ3) is 5.39. The summed E-state index contributed by atoms with van der Waals surface area (Å²) in [5.74, 6) is -0.514. The number of fused-ring (bicyclic) bond motifs is 2. The lowest BCUT2D eigenvalue weighted by atomic mass is 9.99. The van der Waals surface area contributed by atoms with Gasteiger partial charge in [-0.25, -0.2) is 9.59 Å². The van der Waals surface area contributed by atoms with Crippen molar-refractivity contribution in [2.24, 2.45) is 0 Å². The average Bonchev–Trinajstić information content (AvgIpc) is 3.48. The lowest BCUT2D eigenvalue weighted by Crippen LogP contribution is -2.50. The SMILES string of the molecule is CC(C)(C)OC(=O)N1[C@@H]2CC[C@H]1CC(OC(=O)c1c(-c3c(Cl)cccc3OC(F)F)noc1C1CC1)C2. The highest BCUT2D eigenvalue weighted by atomic mass is 35.5. The zero-order valence-corrected chi connectivity index (χ0v) is 21.6. The van der Waals surface area contributed by atoms with Crippen LogP contribution in [0.25, 0.3) is 11.3 Å². The summed E-state index contributed by atoms with van der Waals surface area (Å²) in [6.07, 6.45) is 3.41. The number of piperidine rings is 1. The first-order chi connectivity index (χ1) is 17.5. The van der Waals surface area contributed by atoms with Crippen molar-refractivity contribution in [3.8, 4) is 17.0 Å². The molecule has 1 saturated carbocycles. The van der Waals surface area contributed by atoms with Crippen LogP contribution in [-0.2, 0) is 9.47 Å². The van der Waals surface area contributed by atoms with Crippen LogP contribution in [0.5, 0.6) is 5.75 Å². The monoisotopic (exact) mass is 538 g/mol. The fraction of sp³-hybridized carbons (Fsp3) is 0.577. The van der Waals surface area contributed by atoms with Crippen molar-refractivity contribution in [3.63, 3.8) is 0 Å². The Hall–Kier alpha value is -2.88. The highest BCUT2D eigenvalue weighted by molar-refractivity contribution is 6.33. The minimum atomic E-state index is -3.09. The van der Waals surface area contributed by atoms with Gasteiger partial charge in [-0.15, -0.1) is 0 Å². The van der Waals surface area contributed by atoms with E-state index in [9.17, 15) is 18.4 Å². The maximum Gasteiger partial charge on any atom is 0.410 e. The highest BCUT2D eigenvalue weighted by Crippen LogP contribution is 2.47. The van der Waals surface area contributed by atoms with Crippen LogP contribution in [0.2, 0.25) is 5.02 Å². The van der Waals surface area contributed by atoms with Crippen LogP contribution in [0.3, 0.4) is 0 Å². The normalized spacial score (nSPS) is 23.3. The minimum absolute atomic E-state index is 0.00375. The number of hydrogen-bond donors (Lipinski definition) is 0. The molecule has 3 atom stereocenters. The number of rotatable bonds is 6. The van der Waals surface area contributed by atoms with Gasteiger partial charge in [0.15, 0.2) is 5.76 Å². The molecule has 11 heteroatoms. The predicted molar refractivity (Wildman–Crippen MR) is 129 cm³/mol. The van der Waals surface area contributed by atoms with Gasteiger partial charge in [-0.2, -0.15) is 8.78 Å². The van der Waals surface area contributed by atoms with Crippen molar-refractivity contribution in [2.75, 3.05) is 0 Å². The molecule has 1 aliphatic carbocycles. The van der Waals surface area contributed by atoms with Gasteiger partial charge in [0.1, 0.15) is 28.7 Å². The molecule has 2 bridgehead atoms. The van der Waals surface area contributed by atoms with Crippen LogP contribution < -0.4 is 4.74 Å². The van der Waals surface area contributed by atoms with Gasteiger partial charge in [-0.1, -0.05) is 22.8 Å². The van der Waals surface area contributed by atoms with E-state index < -0.39 is 24.3 Å². The number of aromatic nitrogens is 1. The maximum absolute atomic E-state index is 13.5. The molecular formula is C26H29ClF2N2O6. The Morgan fingerprint density at radius 3 is 2.41 bits per heavy atom. The van der Waals surface area contributed by atoms with Crippen molar-refractivity contribution < 1.29 is 37.1 Å². The van der Waals surface area contributed by atoms with Crippen LogP contribution in [0, 0.1) is 0 Å². The van der Waals surface area contributed by atoms with Crippen LogP contribution in [0.4, 0.5) is 13.6 Å². The molecule has 2 aliphatic heterocycles. The summed E-state index contributed by atoms with van der Waals surface area (Å²) in [5, 5.41) is 4.14. The Bertz CT molecular complexity index is 1180. The second-order valence-corrected chi connectivity index (χ2v) is 11.2. The van der Waals surface area contributed by atoms with E-state index in [4.69, 9.17) is 25.6 Å². The molecule has 1 amide bonds. The van der Waals surface area contributed by atoms with Crippen LogP contribution in [0.1, 0.15) is 81.3 Å². The average molecular weight is 539 g/mol. The molecule has 200 valence electrons. The second kappa shape index (κ2) is 9.78. The number of benzene rings is 1. The third-order valence-electron chi connectivity index (χ3n) is 6.87. The molecule has 1 aromatic heterocycles. The largest absolute Gasteiger partial charge is 0.458 e. The Balaban J connectivity index is 1.39. The quantitative estimate of drug-likeness (QED) is 0.384. The van der Waals surface area contributed by atoms with Crippen molar-refractivity contribution >= 4 is 23.7 Å². The standard InChI is InChI=1S/C26H29ClF2N2O6/c1-26(2,3)36-25(33)31-14-9-10-15(31)12-16(11-14)34-23(32)20-21(30-37-22(20)13-7-8-13)19-17(27)5-4-6-18(19)35-24(28)29/h4-6,13-16,24H,7-12H2,1-3H3/t14-,15+,16?. The molecule has 1 unspecified atom stereocenters. The lowest BCUT2D eigenvalue weighted by Gasteiger charge is -2.39. The molecular weight excluding hydrogens is 510 g/mol. The molecule has 3 aliphatic rings. The zero-order valence-electron chi connectivity index (χ0n) is 20.8. The topological polar surface area (TPSA) is 91.1 Å². The fourth-order valence-electron chi connectivity index (χ4n) is 5.27. The molecule has 0 spiro atoms. The van der Waals surface area contributed by atoms with Crippen molar-refractivity contribution in [3.05, 3.63) is 34.5 Å². The number of carbonyl (C=O) groups is 2. The molecule has 37 heavy (non-hydrogen) atoms. The smallest absolute Gasteiger partial charge is 0.410 e. The van der Waals surface area contributed by atoms with Crippen molar-refractivity contribution in [2.45, 2.75) is 95.6 Å². The van der Waals surface area contributed by atoms with E-state index in [0.717, 1.165) is 25.7 Å². The number of nitrogens with zero attached hydrogens (tertiary/aromatic N) is 2. The van der Waals surface area contributed by atoms with Crippen molar-refractivity contribution in [1.82, 2.24) is 10.1 Å². The Labute approximate surface area is 218 Å². The van der Waals surface area contributed by atoms with Gasteiger partial charge >= 0.3 is 18.7 Å². The van der Waals surface area contributed by atoms with Gasteiger partial charge < -0.3 is 23.6 Å². The molecule has 0 radical (unpaired) electrons. The summed E-state index contributed by atoms with van der Waals surface area (Å²) in [6.45, 7) is 2.39. The number of hydrogen-bond acceptors (Lipinski definition) is 7. The Morgan fingerprint density at radius 1 is 1.14 bits per heavy atom. The number of carbonyl (C=O) groups excluding carboxylic acids is 2. The molecule has 0 N–H and O–H groups in total. The third-order valence-corrected chi connectivity index (χ3v) is 7.18. The summed E-state index contributed by atoms with van der Waals surface area (Å²) in [6, 6.07) is 4.12. The van der Waals surface area contributed by atoms with E-state index in [1.54, 1.807) is 4.90 Å². The number of alkyl halides is 2. The molecule has 5 rings (SSSR count). The van der Waals surface area contributed by atoms with E-state index in [1.807, 2.05) is 20.8 Å². The number of amides is 1. The summed E-state index contributed by atoms with van der Waals surface area (Å²) < 4.78 is 47.9. The number of ether oxygens (including phenoxy) is 3. The van der Waals surface area contributed by atoms with Gasteiger partial charge in [0.05, 0.1) is 10.6 Å². The van der Waals surface area contributed by atoms with E-state index >= 15 is 0 Å². The molecule has 3 fully saturated rings. The molecule has 2 saturated heterocycles.